The van der Waals surface area contributed by atoms with Crippen LogP contribution in [-0.2, 0) is 5.54 Å². The summed E-state index contributed by atoms with van der Waals surface area (Å²) in [6.07, 6.45) is 0. The van der Waals surface area contributed by atoms with Crippen molar-refractivity contribution in [1.29, 1.82) is 0 Å². The first-order valence-electron chi connectivity index (χ1n) is 4.83. The van der Waals surface area contributed by atoms with E-state index in [1.807, 2.05) is 39.0 Å². The van der Waals surface area contributed by atoms with Crippen LogP contribution in [0.4, 0.5) is 0 Å². The average Bonchev–Trinajstić information content (AvgIpc) is 2.18. The second-order valence-corrected chi connectivity index (χ2v) is 4.31. The lowest BCUT2D eigenvalue weighted by Gasteiger charge is -2.19. The van der Waals surface area contributed by atoms with Gasteiger partial charge in [0.15, 0.2) is 0 Å². The molecule has 1 aromatic carbocycles. The normalized spacial score (nSPS) is 10.6. The molecule has 0 unspecified atom stereocenters. The van der Waals surface area contributed by atoms with Crippen molar-refractivity contribution >= 4 is 23.0 Å². The minimum Gasteiger partial charge on any atom is -0.222 e. The Morgan fingerprint density at radius 1 is 1.47 bits per heavy atom. The van der Waals surface area contributed by atoms with Crippen molar-refractivity contribution < 1.29 is 0 Å². The molecule has 78 valence electrons. The van der Waals surface area contributed by atoms with Gasteiger partial charge in [-0.1, -0.05) is 30.4 Å². The molecule has 0 heterocycles. The summed E-state index contributed by atoms with van der Waals surface area (Å²) in [5, 5.41) is 2.44. The third kappa shape index (κ3) is 2.85. The molecule has 0 aromatic heterocycles. The maximum atomic E-state index is 4.65. The predicted molar refractivity (Wildman–Crippen MR) is 69.2 cm³/mol. The van der Waals surface area contributed by atoms with Gasteiger partial charge in [-0.2, -0.15) is 0 Å². The molecule has 1 nitrogen and oxygen atoms in total. The molecule has 0 bridgehead atoms. The summed E-state index contributed by atoms with van der Waals surface area (Å²) in [5.41, 5.74) is 3.01. The zero-order valence-corrected chi connectivity index (χ0v) is 10.2. The standard InChI is InChI=1S/C13H15NS/c1-10(2)11-6-5-7-12(8-11)13(3,4)14-9-15/h5-8H,1H2,2-4H3. The van der Waals surface area contributed by atoms with E-state index in [2.05, 4.69) is 35.0 Å². The number of thiocarbonyl (C=S) groups is 1. The minimum atomic E-state index is -0.312. The monoisotopic (exact) mass is 217 g/mol. The van der Waals surface area contributed by atoms with Gasteiger partial charge in [0.05, 0.1) is 10.7 Å². The van der Waals surface area contributed by atoms with Crippen LogP contribution in [0.2, 0.25) is 0 Å². The summed E-state index contributed by atoms with van der Waals surface area (Å²) in [6.45, 7) is 9.96. The van der Waals surface area contributed by atoms with Crippen LogP contribution in [0.3, 0.4) is 0 Å². The maximum Gasteiger partial charge on any atom is 0.0903 e. The summed E-state index contributed by atoms with van der Waals surface area (Å²) in [7, 11) is 0. The number of aliphatic imine (C=N–C) groups is 1. The highest BCUT2D eigenvalue weighted by molar-refractivity contribution is 7.78. The lowest BCUT2D eigenvalue weighted by molar-refractivity contribution is 0.562. The van der Waals surface area contributed by atoms with E-state index >= 15 is 0 Å². The van der Waals surface area contributed by atoms with Crippen molar-refractivity contribution in [3.63, 3.8) is 0 Å². The van der Waals surface area contributed by atoms with Gasteiger partial charge < -0.3 is 0 Å². The largest absolute Gasteiger partial charge is 0.222 e. The number of benzene rings is 1. The van der Waals surface area contributed by atoms with Gasteiger partial charge in [0.25, 0.3) is 0 Å². The Labute approximate surface area is 96.6 Å². The molecule has 0 N–H and O–H groups in total. The van der Waals surface area contributed by atoms with E-state index < -0.39 is 0 Å². The van der Waals surface area contributed by atoms with Gasteiger partial charge in [-0.05, 0) is 50.2 Å². The molecule has 0 fully saturated rings. The fraction of sp³-hybridized carbons (Fsp3) is 0.308. The zero-order valence-electron chi connectivity index (χ0n) is 9.37. The van der Waals surface area contributed by atoms with Gasteiger partial charge in [-0.25, -0.2) is 4.99 Å². The SMILES string of the molecule is C=C(C)c1cccc(C(C)(C)N=C=S)c1. The number of hydrogen-bond donors (Lipinski definition) is 0. The van der Waals surface area contributed by atoms with Gasteiger partial charge in [-0.15, -0.1) is 0 Å². The highest BCUT2D eigenvalue weighted by Crippen LogP contribution is 2.26. The zero-order chi connectivity index (χ0) is 11.5. The molecule has 0 atom stereocenters. The molecule has 0 aliphatic heterocycles. The molecule has 15 heavy (non-hydrogen) atoms. The fourth-order valence-electron chi connectivity index (χ4n) is 1.34. The first kappa shape index (κ1) is 11.8. The highest BCUT2D eigenvalue weighted by Gasteiger charge is 2.18. The summed E-state index contributed by atoms with van der Waals surface area (Å²) < 4.78 is 0. The molecule has 0 saturated heterocycles. The second kappa shape index (κ2) is 4.52. The van der Waals surface area contributed by atoms with Crippen molar-refractivity contribution in [3.8, 4) is 0 Å². The number of nitrogens with zero attached hydrogens (tertiary/aromatic N) is 1. The number of hydrogen-bond acceptors (Lipinski definition) is 2. The molecule has 0 amide bonds. The lowest BCUT2D eigenvalue weighted by atomic mass is 9.92. The van der Waals surface area contributed by atoms with Gasteiger partial charge in [-0.3, -0.25) is 0 Å². The Balaban J connectivity index is 3.21. The van der Waals surface area contributed by atoms with E-state index in [1.165, 1.54) is 0 Å². The summed E-state index contributed by atoms with van der Waals surface area (Å²) in [4.78, 5) is 4.16. The third-order valence-corrected chi connectivity index (χ3v) is 2.48. The van der Waals surface area contributed by atoms with Gasteiger partial charge >= 0.3 is 0 Å². The van der Waals surface area contributed by atoms with Crippen LogP contribution in [0.5, 0.6) is 0 Å². The van der Waals surface area contributed by atoms with Gasteiger partial charge in [0, 0.05) is 0 Å². The topological polar surface area (TPSA) is 12.4 Å². The Hall–Kier alpha value is -1.24. The minimum absolute atomic E-state index is 0.312. The summed E-state index contributed by atoms with van der Waals surface area (Å²) in [5.74, 6) is 0. The van der Waals surface area contributed by atoms with Crippen molar-refractivity contribution in [2.24, 2.45) is 4.99 Å². The number of allylic oxidation sites excluding steroid dienone is 1. The molecular formula is C13H15NS. The van der Waals surface area contributed by atoms with E-state index in [9.17, 15) is 0 Å². The van der Waals surface area contributed by atoms with E-state index in [0.717, 1.165) is 16.7 Å². The first-order valence-corrected chi connectivity index (χ1v) is 5.23. The van der Waals surface area contributed by atoms with Crippen molar-refractivity contribution in [1.82, 2.24) is 0 Å². The van der Waals surface area contributed by atoms with Crippen LogP contribution < -0.4 is 0 Å². The first-order chi connectivity index (χ1) is 6.97. The third-order valence-electron chi connectivity index (χ3n) is 2.39. The van der Waals surface area contributed by atoms with Crippen LogP contribution in [0.25, 0.3) is 5.57 Å². The van der Waals surface area contributed by atoms with Crippen molar-refractivity contribution in [2.75, 3.05) is 0 Å². The molecule has 0 aliphatic carbocycles. The van der Waals surface area contributed by atoms with Gasteiger partial charge in [0.2, 0.25) is 0 Å². The molecule has 1 aromatic rings. The maximum absolute atomic E-state index is 4.65. The van der Waals surface area contributed by atoms with E-state index in [-0.39, 0.29) is 5.54 Å². The van der Waals surface area contributed by atoms with E-state index in [4.69, 9.17) is 0 Å². The number of rotatable bonds is 3. The van der Waals surface area contributed by atoms with Crippen molar-refractivity contribution in [3.05, 3.63) is 42.0 Å². The van der Waals surface area contributed by atoms with E-state index in [0.29, 0.717) is 0 Å². The Morgan fingerprint density at radius 3 is 2.67 bits per heavy atom. The molecule has 2 heteroatoms. The van der Waals surface area contributed by atoms with Crippen LogP contribution in [-0.4, -0.2) is 5.16 Å². The second-order valence-electron chi connectivity index (χ2n) is 4.12. The van der Waals surface area contributed by atoms with Crippen molar-refractivity contribution in [2.45, 2.75) is 26.3 Å². The Bertz CT molecular complexity index is 426. The number of isothiocyanates is 1. The van der Waals surface area contributed by atoms with Crippen LogP contribution in [0.1, 0.15) is 31.9 Å². The predicted octanol–water partition coefficient (Wildman–Crippen LogP) is 4.06. The molecule has 0 spiro atoms. The summed E-state index contributed by atoms with van der Waals surface area (Å²) in [6, 6.07) is 8.20. The van der Waals surface area contributed by atoms with Gasteiger partial charge in [0.1, 0.15) is 0 Å². The Kier molecular flexibility index (Phi) is 3.57. The quantitative estimate of drug-likeness (QED) is 0.549. The van der Waals surface area contributed by atoms with Crippen LogP contribution in [0.15, 0.2) is 35.8 Å². The molecule has 0 saturated carbocycles. The fourth-order valence-corrected chi connectivity index (χ4v) is 1.57. The molecule has 0 radical (unpaired) electrons. The van der Waals surface area contributed by atoms with Crippen LogP contribution in [0, 0.1) is 0 Å². The van der Waals surface area contributed by atoms with E-state index in [1.54, 1.807) is 0 Å². The Morgan fingerprint density at radius 2 is 2.13 bits per heavy atom. The molecular weight excluding hydrogens is 202 g/mol. The van der Waals surface area contributed by atoms with Crippen LogP contribution >= 0.6 is 12.2 Å². The lowest BCUT2D eigenvalue weighted by Crippen LogP contribution is -2.13. The smallest absolute Gasteiger partial charge is 0.0903 e. The highest BCUT2D eigenvalue weighted by atomic mass is 32.1. The molecule has 1 rings (SSSR count). The average molecular weight is 217 g/mol. The summed E-state index contributed by atoms with van der Waals surface area (Å²) >= 11 is 4.65. The molecule has 0 aliphatic rings.